The van der Waals surface area contributed by atoms with Crippen LogP contribution in [0.3, 0.4) is 0 Å². The number of amides is 1. The quantitative estimate of drug-likeness (QED) is 0.585. The third-order valence-electron chi connectivity index (χ3n) is 6.00. The second kappa shape index (κ2) is 8.94. The fraction of sp³-hybridized carbons (Fsp3) is 0.375. The summed E-state index contributed by atoms with van der Waals surface area (Å²) in [6, 6.07) is 10.6. The Balaban J connectivity index is 1.44. The third-order valence-corrected chi connectivity index (χ3v) is 6.33. The third kappa shape index (κ3) is 3.99. The van der Waals surface area contributed by atoms with E-state index in [1.807, 2.05) is 19.1 Å². The fourth-order valence-corrected chi connectivity index (χ4v) is 4.54. The van der Waals surface area contributed by atoms with E-state index in [0.717, 1.165) is 6.42 Å². The number of carbonyl (C=O) groups is 1. The Hall–Kier alpha value is -3.26. The van der Waals surface area contributed by atoms with E-state index in [1.54, 1.807) is 33.7 Å². The lowest BCUT2D eigenvalue weighted by atomic mass is 10.2. The topological polar surface area (TPSA) is 76.9 Å². The van der Waals surface area contributed by atoms with E-state index in [1.165, 1.54) is 0 Å². The minimum absolute atomic E-state index is 0.0820. The highest BCUT2D eigenvalue weighted by atomic mass is 35.5. The maximum absolute atomic E-state index is 13.4. The predicted molar refractivity (Wildman–Crippen MR) is 127 cm³/mol. The van der Waals surface area contributed by atoms with Crippen molar-refractivity contribution in [2.24, 2.45) is 0 Å². The molecule has 0 radical (unpaired) electrons. The number of nitrogens with zero attached hydrogens (tertiary/aromatic N) is 4. The molecule has 1 aromatic heterocycles. The van der Waals surface area contributed by atoms with Gasteiger partial charge in [0.05, 0.1) is 21.5 Å². The first-order chi connectivity index (χ1) is 16.1. The van der Waals surface area contributed by atoms with Gasteiger partial charge in [0.2, 0.25) is 5.95 Å². The number of carbonyl (C=O) groups excluding carboxylic acids is 1. The zero-order valence-corrected chi connectivity index (χ0v) is 19.2. The van der Waals surface area contributed by atoms with Gasteiger partial charge in [-0.25, -0.2) is 4.98 Å². The van der Waals surface area contributed by atoms with Crippen LogP contribution in [0.15, 0.2) is 41.2 Å². The minimum atomic E-state index is -0.0941. The molecule has 1 saturated heterocycles. The zero-order valence-electron chi connectivity index (χ0n) is 18.4. The Morgan fingerprint density at radius 3 is 2.45 bits per heavy atom. The monoisotopic (exact) mass is 468 g/mol. The number of hydrogen-bond acceptors (Lipinski definition) is 6. The first-order valence-corrected chi connectivity index (χ1v) is 11.6. The van der Waals surface area contributed by atoms with Crippen molar-refractivity contribution < 1.29 is 14.3 Å². The Morgan fingerprint density at radius 1 is 1.06 bits per heavy atom. The number of halogens is 1. The Bertz CT molecular complexity index is 1270. The van der Waals surface area contributed by atoms with Crippen LogP contribution in [0.25, 0.3) is 10.9 Å². The van der Waals surface area contributed by atoms with Crippen LogP contribution >= 0.6 is 11.6 Å². The van der Waals surface area contributed by atoms with Crippen molar-refractivity contribution in [2.75, 3.05) is 44.3 Å². The summed E-state index contributed by atoms with van der Waals surface area (Å²) in [5.41, 5.74) is 0.996. The lowest BCUT2D eigenvalue weighted by Gasteiger charge is -2.36. The fourth-order valence-electron chi connectivity index (χ4n) is 4.33. The SMILES string of the molecule is CCCn1c(N2CCN(C(=O)c3ccccc3Cl)CC2)nc2cc3c(cc2c1=O)OCCO3. The average Bonchev–Trinajstić information content (AvgIpc) is 2.85. The average molecular weight is 469 g/mol. The molecule has 2 aliphatic rings. The van der Waals surface area contributed by atoms with Crippen molar-refractivity contribution in [3.63, 3.8) is 0 Å². The van der Waals surface area contributed by atoms with Gasteiger partial charge >= 0.3 is 0 Å². The molecule has 9 heteroatoms. The van der Waals surface area contributed by atoms with Crippen molar-refractivity contribution >= 4 is 34.4 Å². The highest BCUT2D eigenvalue weighted by Gasteiger charge is 2.27. The van der Waals surface area contributed by atoms with E-state index in [-0.39, 0.29) is 11.5 Å². The molecule has 3 heterocycles. The second-order valence-electron chi connectivity index (χ2n) is 8.14. The van der Waals surface area contributed by atoms with Crippen molar-refractivity contribution in [1.29, 1.82) is 0 Å². The number of piperazine rings is 1. The maximum atomic E-state index is 13.4. The van der Waals surface area contributed by atoms with Crippen LogP contribution in [-0.4, -0.2) is 59.8 Å². The van der Waals surface area contributed by atoms with Gasteiger partial charge in [-0.1, -0.05) is 30.7 Å². The minimum Gasteiger partial charge on any atom is -0.486 e. The molecule has 2 aromatic carbocycles. The molecular weight excluding hydrogens is 444 g/mol. The molecule has 0 unspecified atom stereocenters. The summed E-state index contributed by atoms with van der Waals surface area (Å²) in [5, 5.41) is 0.969. The summed E-state index contributed by atoms with van der Waals surface area (Å²) in [6.07, 6.45) is 0.801. The van der Waals surface area contributed by atoms with Crippen molar-refractivity contribution in [1.82, 2.24) is 14.5 Å². The second-order valence-corrected chi connectivity index (χ2v) is 8.55. The Labute approximate surface area is 196 Å². The molecule has 0 atom stereocenters. The molecule has 0 bridgehead atoms. The highest BCUT2D eigenvalue weighted by Crippen LogP contribution is 2.33. The van der Waals surface area contributed by atoms with Crippen LogP contribution in [0.2, 0.25) is 5.02 Å². The standard InChI is InChI=1S/C24H25ClN4O4/c1-2-7-29-23(31)17-14-20-21(33-13-12-32-20)15-19(17)26-24(29)28-10-8-27(9-11-28)22(30)16-5-3-4-6-18(16)25/h3-6,14-15H,2,7-13H2,1H3. The lowest BCUT2D eigenvalue weighted by Crippen LogP contribution is -2.50. The molecule has 0 saturated carbocycles. The van der Waals surface area contributed by atoms with Gasteiger partial charge in [0, 0.05) is 38.8 Å². The molecule has 172 valence electrons. The van der Waals surface area contributed by atoms with Crippen molar-refractivity contribution in [2.45, 2.75) is 19.9 Å². The number of benzene rings is 2. The van der Waals surface area contributed by atoms with E-state index in [2.05, 4.69) is 4.90 Å². The van der Waals surface area contributed by atoms with Gasteiger partial charge in [-0.3, -0.25) is 14.2 Å². The summed E-state index contributed by atoms with van der Waals surface area (Å²) < 4.78 is 13.1. The maximum Gasteiger partial charge on any atom is 0.262 e. The highest BCUT2D eigenvalue weighted by molar-refractivity contribution is 6.33. The van der Waals surface area contributed by atoms with Gasteiger partial charge in [-0.15, -0.1) is 0 Å². The van der Waals surface area contributed by atoms with Gasteiger partial charge in [0.1, 0.15) is 13.2 Å². The number of hydrogen-bond donors (Lipinski definition) is 0. The molecular formula is C24H25ClN4O4. The van der Waals surface area contributed by atoms with Gasteiger partial charge in [0.25, 0.3) is 11.5 Å². The predicted octanol–water partition coefficient (Wildman–Crippen LogP) is 3.19. The number of aromatic nitrogens is 2. The van der Waals surface area contributed by atoms with Crippen LogP contribution in [0.1, 0.15) is 23.7 Å². The number of ether oxygens (including phenoxy) is 2. The molecule has 0 spiro atoms. The summed E-state index contributed by atoms with van der Waals surface area (Å²) >= 11 is 6.22. The summed E-state index contributed by atoms with van der Waals surface area (Å²) in [5.74, 6) is 1.72. The molecule has 8 nitrogen and oxygen atoms in total. The summed E-state index contributed by atoms with van der Waals surface area (Å²) in [4.78, 5) is 35.0. The molecule has 3 aromatic rings. The van der Waals surface area contributed by atoms with Gasteiger partial charge < -0.3 is 19.3 Å². The summed E-state index contributed by atoms with van der Waals surface area (Å²) in [6.45, 7) is 5.71. The van der Waals surface area contributed by atoms with E-state index in [0.29, 0.717) is 84.9 Å². The smallest absolute Gasteiger partial charge is 0.262 e. The first-order valence-electron chi connectivity index (χ1n) is 11.2. The Morgan fingerprint density at radius 2 is 1.76 bits per heavy atom. The normalized spacial score (nSPS) is 15.7. The zero-order chi connectivity index (χ0) is 22.9. The number of rotatable bonds is 4. The molecule has 1 fully saturated rings. The molecule has 0 N–H and O–H groups in total. The Kier molecular flexibility index (Phi) is 5.85. The number of anilines is 1. The molecule has 0 aliphatic carbocycles. The largest absolute Gasteiger partial charge is 0.486 e. The number of fused-ring (bicyclic) bond motifs is 2. The van der Waals surface area contributed by atoms with Crippen LogP contribution in [-0.2, 0) is 6.54 Å². The van der Waals surface area contributed by atoms with Gasteiger partial charge in [-0.05, 0) is 24.6 Å². The van der Waals surface area contributed by atoms with E-state index >= 15 is 0 Å². The van der Waals surface area contributed by atoms with Crippen LogP contribution in [0.5, 0.6) is 11.5 Å². The van der Waals surface area contributed by atoms with Crippen LogP contribution in [0.4, 0.5) is 5.95 Å². The van der Waals surface area contributed by atoms with Crippen LogP contribution in [0, 0.1) is 0 Å². The molecule has 1 amide bonds. The molecule has 2 aliphatic heterocycles. The van der Waals surface area contributed by atoms with Gasteiger partial charge in [0.15, 0.2) is 11.5 Å². The van der Waals surface area contributed by atoms with Crippen molar-refractivity contribution in [3.05, 3.63) is 57.3 Å². The van der Waals surface area contributed by atoms with Gasteiger partial charge in [-0.2, -0.15) is 0 Å². The van der Waals surface area contributed by atoms with E-state index in [9.17, 15) is 9.59 Å². The lowest BCUT2D eigenvalue weighted by molar-refractivity contribution is 0.0746. The molecule has 5 rings (SSSR count). The summed E-state index contributed by atoms with van der Waals surface area (Å²) in [7, 11) is 0. The molecule has 33 heavy (non-hydrogen) atoms. The van der Waals surface area contributed by atoms with E-state index < -0.39 is 0 Å². The van der Waals surface area contributed by atoms with Crippen LogP contribution < -0.4 is 19.9 Å². The van der Waals surface area contributed by atoms with E-state index in [4.69, 9.17) is 26.1 Å². The van der Waals surface area contributed by atoms with Crippen molar-refractivity contribution in [3.8, 4) is 11.5 Å². The first kappa shape index (κ1) is 21.6.